The highest BCUT2D eigenvalue weighted by Gasteiger charge is 2.04. The van der Waals surface area contributed by atoms with Crippen molar-refractivity contribution in [1.29, 1.82) is 0 Å². The van der Waals surface area contributed by atoms with Gasteiger partial charge >= 0.3 is 0 Å². The van der Waals surface area contributed by atoms with Gasteiger partial charge in [-0.2, -0.15) is 0 Å². The number of aliphatic hydroxyl groups excluding tert-OH is 1. The zero-order chi connectivity index (χ0) is 13.7. The molecule has 0 aliphatic carbocycles. The van der Waals surface area contributed by atoms with Crippen LogP contribution in [-0.4, -0.2) is 26.7 Å². The molecule has 0 spiro atoms. The Morgan fingerprint density at radius 1 is 1.47 bits per heavy atom. The summed E-state index contributed by atoms with van der Waals surface area (Å²) < 4.78 is 20.6. The molecule has 0 unspecified atom stereocenters. The maximum absolute atomic E-state index is 13.6. The van der Waals surface area contributed by atoms with Crippen molar-refractivity contribution < 1.29 is 14.2 Å². The minimum absolute atomic E-state index is 0.217. The predicted molar refractivity (Wildman–Crippen MR) is 65.7 cm³/mol. The topological polar surface area (TPSA) is 60.2 Å². The van der Waals surface area contributed by atoms with Gasteiger partial charge < -0.3 is 9.84 Å². The number of halogens is 1. The van der Waals surface area contributed by atoms with Crippen LogP contribution in [0.4, 0.5) is 4.39 Å². The molecule has 1 aromatic carbocycles. The molecule has 5 nitrogen and oxygen atoms in total. The number of benzene rings is 1. The van der Waals surface area contributed by atoms with Crippen molar-refractivity contribution in [1.82, 2.24) is 15.0 Å². The van der Waals surface area contributed by atoms with Gasteiger partial charge in [0.05, 0.1) is 11.8 Å². The molecule has 0 saturated heterocycles. The van der Waals surface area contributed by atoms with Gasteiger partial charge in [0.2, 0.25) is 0 Å². The second-order valence-electron chi connectivity index (χ2n) is 3.77. The standard InChI is InChI=1S/C13H12FN3O2/c1-17-8-11(15-16-17)9-19-12-5-4-10(3-2-6-18)13(14)7-12/h4-5,7-8,18H,6,9H2,1H3. The van der Waals surface area contributed by atoms with Gasteiger partial charge in [-0.1, -0.05) is 17.1 Å². The van der Waals surface area contributed by atoms with Crippen molar-refractivity contribution in [2.24, 2.45) is 7.05 Å². The lowest BCUT2D eigenvalue weighted by atomic mass is 10.2. The normalized spacial score (nSPS) is 9.84. The van der Waals surface area contributed by atoms with E-state index in [-0.39, 0.29) is 18.8 Å². The Morgan fingerprint density at radius 3 is 2.95 bits per heavy atom. The number of aliphatic hydroxyl groups is 1. The molecule has 0 radical (unpaired) electrons. The molecule has 2 aromatic rings. The van der Waals surface area contributed by atoms with Crippen LogP contribution in [0.1, 0.15) is 11.3 Å². The zero-order valence-corrected chi connectivity index (χ0v) is 10.3. The van der Waals surface area contributed by atoms with Crippen LogP contribution in [0, 0.1) is 17.7 Å². The van der Waals surface area contributed by atoms with Crippen molar-refractivity contribution in [3.05, 3.63) is 41.5 Å². The van der Waals surface area contributed by atoms with Gasteiger partial charge in [0.15, 0.2) is 0 Å². The van der Waals surface area contributed by atoms with Crippen molar-refractivity contribution in [2.75, 3.05) is 6.61 Å². The van der Waals surface area contributed by atoms with Crippen LogP contribution < -0.4 is 4.74 Å². The second-order valence-corrected chi connectivity index (χ2v) is 3.77. The summed E-state index contributed by atoms with van der Waals surface area (Å²) in [6.07, 6.45) is 1.72. The Balaban J connectivity index is 2.03. The first kappa shape index (κ1) is 13.1. The summed E-state index contributed by atoms with van der Waals surface area (Å²) >= 11 is 0. The number of ether oxygens (including phenoxy) is 1. The molecule has 1 N–H and O–H groups in total. The average molecular weight is 261 g/mol. The van der Waals surface area contributed by atoms with E-state index in [2.05, 4.69) is 22.2 Å². The lowest BCUT2D eigenvalue weighted by Gasteiger charge is -2.04. The predicted octanol–water partition coefficient (Wildman–Crippen LogP) is 0.877. The quantitative estimate of drug-likeness (QED) is 0.833. The molecule has 2 rings (SSSR count). The fraction of sp³-hybridized carbons (Fsp3) is 0.231. The number of rotatable bonds is 3. The Morgan fingerprint density at radius 2 is 2.32 bits per heavy atom. The van der Waals surface area contributed by atoms with Gasteiger partial charge in [0, 0.05) is 13.1 Å². The summed E-state index contributed by atoms with van der Waals surface area (Å²) in [5.74, 6) is 4.80. The van der Waals surface area contributed by atoms with Crippen LogP contribution in [0.25, 0.3) is 0 Å². The molecule has 0 amide bonds. The first-order valence-corrected chi connectivity index (χ1v) is 5.56. The second kappa shape index (κ2) is 5.98. The van der Waals surface area contributed by atoms with E-state index in [1.165, 1.54) is 12.1 Å². The van der Waals surface area contributed by atoms with E-state index in [9.17, 15) is 4.39 Å². The highest BCUT2D eigenvalue weighted by molar-refractivity contribution is 5.39. The van der Waals surface area contributed by atoms with Crippen LogP contribution in [0.2, 0.25) is 0 Å². The minimum atomic E-state index is -0.488. The van der Waals surface area contributed by atoms with Gasteiger partial charge in [0.25, 0.3) is 0 Å². The summed E-state index contributed by atoms with van der Waals surface area (Å²) in [6, 6.07) is 4.36. The average Bonchev–Trinajstić information content (AvgIpc) is 2.81. The van der Waals surface area contributed by atoms with E-state index in [4.69, 9.17) is 9.84 Å². The van der Waals surface area contributed by atoms with Crippen LogP contribution in [-0.2, 0) is 13.7 Å². The monoisotopic (exact) mass is 261 g/mol. The minimum Gasteiger partial charge on any atom is -0.487 e. The third-order valence-corrected chi connectivity index (χ3v) is 2.28. The molecule has 0 aliphatic heterocycles. The fourth-order valence-corrected chi connectivity index (χ4v) is 1.44. The van der Waals surface area contributed by atoms with Crippen molar-refractivity contribution in [3.8, 4) is 17.6 Å². The number of aromatic nitrogens is 3. The smallest absolute Gasteiger partial charge is 0.142 e. The summed E-state index contributed by atoms with van der Waals surface area (Å²) in [5, 5.41) is 16.2. The number of hydrogen-bond donors (Lipinski definition) is 1. The molecule has 6 heteroatoms. The van der Waals surface area contributed by atoms with E-state index in [0.29, 0.717) is 11.4 Å². The van der Waals surface area contributed by atoms with Crippen LogP contribution in [0.15, 0.2) is 24.4 Å². The Hall–Kier alpha value is -2.39. The highest BCUT2D eigenvalue weighted by atomic mass is 19.1. The summed E-state index contributed by atoms with van der Waals surface area (Å²) in [6.45, 7) is -0.0840. The molecule has 98 valence electrons. The first-order valence-electron chi connectivity index (χ1n) is 5.56. The van der Waals surface area contributed by atoms with Crippen molar-refractivity contribution in [2.45, 2.75) is 6.61 Å². The molecule has 1 heterocycles. The SMILES string of the molecule is Cn1cc(COc2ccc(C#CCO)c(F)c2)nn1. The van der Waals surface area contributed by atoms with Crippen molar-refractivity contribution in [3.63, 3.8) is 0 Å². The molecule has 0 bridgehead atoms. The first-order chi connectivity index (χ1) is 9.19. The van der Waals surface area contributed by atoms with Gasteiger partial charge in [0.1, 0.15) is 30.5 Å². The highest BCUT2D eigenvalue weighted by Crippen LogP contribution is 2.17. The third-order valence-electron chi connectivity index (χ3n) is 2.28. The molecular weight excluding hydrogens is 249 g/mol. The van der Waals surface area contributed by atoms with Gasteiger partial charge in [-0.3, -0.25) is 4.68 Å². The maximum atomic E-state index is 13.6. The molecule has 1 aromatic heterocycles. The van der Waals surface area contributed by atoms with Gasteiger partial charge in [-0.05, 0) is 12.1 Å². The number of nitrogens with zero attached hydrogens (tertiary/aromatic N) is 3. The number of hydrogen-bond acceptors (Lipinski definition) is 4. The number of aryl methyl sites for hydroxylation is 1. The molecule has 0 fully saturated rings. The molecule has 0 aliphatic rings. The lowest BCUT2D eigenvalue weighted by Crippen LogP contribution is -1.97. The third kappa shape index (κ3) is 3.53. The molecule has 0 saturated carbocycles. The molecular formula is C13H12FN3O2. The molecule has 19 heavy (non-hydrogen) atoms. The van der Waals surface area contributed by atoms with E-state index in [1.807, 2.05) is 0 Å². The fourth-order valence-electron chi connectivity index (χ4n) is 1.44. The van der Waals surface area contributed by atoms with E-state index in [0.717, 1.165) is 0 Å². The van der Waals surface area contributed by atoms with Gasteiger partial charge in [-0.25, -0.2) is 4.39 Å². The van der Waals surface area contributed by atoms with Gasteiger partial charge in [-0.15, -0.1) is 5.10 Å². The Kier molecular flexibility index (Phi) is 4.11. The lowest BCUT2D eigenvalue weighted by molar-refractivity contribution is 0.299. The Bertz CT molecular complexity index is 628. The molecule has 0 atom stereocenters. The van der Waals surface area contributed by atoms with E-state index < -0.39 is 5.82 Å². The van der Waals surface area contributed by atoms with Crippen LogP contribution in [0.3, 0.4) is 0 Å². The van der Waals surface area contributed by atoms with E-state index in [1.54, 1.807) is 24.0 Å². The Labute approximate surface area is 109 Å². The maximum Gasteiger partial charge on any atom is 0.142 e. The van der Waals surface area contributed by atoms with E-state index >= 15 is 0 Å². The largest absolute Gasteiger partial charge is 0.487 e. The van der Waals surface area contributed by atoms with Crippen molar-refractivity contribution >= 4 is 0 Å². The summed E-state index contributed by atoms with van der Waals surface area (Å²) in [4.78, 5) is 0. The summed E-state index contributed by atoms with van der Waals surface area (Å²) in [5.41, 5.74) is 0.882. The van der Waals surface area contributed by atoms with Crippen LogP contribution in [0.5, 0.6) is 5.75 Å². The van der Waals surface area contributed by atoms with Crippen LogP contribution >= 0.6 is 0 Å². The zero-order valence-electron chi connectivity index (χ0n) is 10.3. The summed E-state index contributed by atoms with van der Waals surface area (Å²) in [7, 11) is 1.75.